The number of esters is 2. The van der Waals surface area contributed by atoms with Gasteiger partial charge in [-0.05, 0) is 30.3 Å². The number of ether oxygens (including phenoxy) is 2. The molecule has 9 nitrogen and oxygen atoms in total. The van der Waals surface area contributed by atoms with Gasteiger partial charge in [-0.3, -0.25) is 14.3 Å². The highest BCUT2D eigenvalue weighted by Crippen LogP contribution is 2.36. The Kier molecular flexibility index (Phi) is 8.21. The second-order valence-corrected chi connectivity index (χ2v) is 8.27. The molecular weight excluding hydrogens is 488 g/mol. The minimum absolute atomic E-state index is 0.115. The first-order chi connectivity index (χ1) is 15.8. The number of anilines is 1. The largest absolute Gasteiger partial charge is 0.469 e. The minimum Gasteiger partial charge on any atom is -0.469 e. The molecule has 2 aromatic carbocycles. The number of carbonyl (C=O) groups excluding carboxylic acids is 3. The monoisotopic (exact) mass is 506 g/mol. The summed E-state index contributed by atoms with van der Waals surface area (Å²) in [4.78, 5) is 35.4. The van der Waals surface area contributed by atoms with Crippen LogP contribution in [0.4, 0.5) is 23.2 Å². The van der Waals surface area contributed by atoms with Crippen LogP contribution in [-0.2, 0) is 35.3 Å². The second-order valence-electron chi connectivity index (χ2n) is 6.62. The lowest BCUT2D eigenvalue weighted by molar-refractivity contribution is -0.149. The smallest absolute Gasteiger partial charge is 0.418 e. The zero-order valence-electron chi connectivity index (χ0n) is 17.6. The molecule has 0 saturated carbocycles. The third-order valence-electron chi connectivity index (χ3n) is 4.34. The lowest BCUT2D eigenvalue weighted by atomic mass is 10.1. The summed E-state index contributed by atoms with van der Waals surface area (Å²) in [5, 5.41) is 2.13. The molecule has 2 rings (SSSR count). The summed E-state index contributed by atoms with van der Waals surface area (Å²) < 4.78 is 89.5. The summed E-state index contributed by atoms with van der Waals surface area (Å²) in [5.41, 5.74) is -3.10. The molecule has 0 aliphatic rings. The van der Waals surface area contributed by atoms with E-state index in [0.29, 0.717) is 12.1 Å². The molecule has 1 unspecified atom stereocenters. The van der Waals surface area contributed by atoms with Crippen LogP contribution in [0.1, 0.15) is 22.3 Å². The summed E-state index contributed by atoms with van der Waals surface area (Å²) in [6.07, 6.45) is -5.72. The van der Waals surface area contributed by atoms with Gasteiger partial charge in [0.2, 0.25) is 0 Å². The van der Waals surface area contributed by atoms with Gasteiger partial charge in [-0.15, -0.1) is 0 Å². The molecule has 1 atom stereocenters. The molecule has 0 aromatic heterocycles. The van der Waals surface area contributed by atoms with E-state index in [-0.39, 0.29) is 6.07 Å². The summed E-state index contributed by atoms with van der Waals surface area (Å²) in [6, 6.07) is 4.22. The molecule has 184 valence electrons. The van der Waals surface area contributed by atoms with Gasteiger partial charge in [0.1, 0.15) is 16.8 Å². The van der Waals surface area contributed by atoms with Crippen molar-refractivity contribution in [3.8, 4) is 0 Å². The fourth-order valence-electron chi connectivity index (χ4n) is 2.75. The standard InChI is InChI=1S/C20H18F4N2O7S/c1-32-17(27)10-15(19(29)33-2)25-18(28)12-5-3-4-6-16(12)34(30,31)26-14-8-7-11(21)9-13(14)20(22,23)24/h3-9,15,26H,10H2,1-2H3,(H,25,28). The Balaban J connectivity index is 2.43. The third-order valence-corrected chi connectivity index (χ3v) is 5.77. The van der Waals surface area contributed by atoms with Crippen LogP contribution in [0.25, 0.3) is 0 Å². The van der Waals surface area contributed by atoms with E-state index in [1.165, 1.54) is 12.1 Å². The van der Waals surface area contributed by atoms with Gasteiger partial charge in [-0.25, -0.2) is 17.6 Å². The highest BCUT2D eigenvalue weighted by atomic mass is 32.2. The van der Waals surface area contributed by atoms with Gasteiger partial charge < -0.3 is 14.8 Å². The van der Waals surface area contributed by atoms with Crippen molar-refractivity contribution >= 4 is 33.6 Å². The van der Waals surface area contributed by atoms with Gasteiger partial charge in [0.25, 0.3) is 15.9 Å². The maximum absolute atomic E-state index is 13.3. The van der Waals surface area contributed by atoms with E-state index in [4.69, 9.17) is 0 Å². The first kappa shape index (κ1) is 26.6. The molecule has 2 aromatic rings. The SMILES string of the molecule is COC(=O)CC(NC(=O)c1ccccc1S(=O)(=O)Nc1ccc(F)cc1C(F)(F)F)C(=O)OC. The molecule has 0 aliphatic carbocycles. The van der Waals surface area contributed by atoms with E-state index in [2.05, 4.69) is 14.8 Å². The molecular formula is C20H18F4N2O7S. The van der Waals surface area contributed by atoms with Crippen molar-refractivity contribution in [3.05, 3.63) is 59.4 Å². The summed E-state index contributed by atoms with van der Waals surface area (Å²) in [5.74, 6) is -4.29. The van der Waals surface area contributed by atoms with Crippen LogP contribution in [0, 0.1) is 5.82 Å². The van der Waals surface area contributed by atoms with Gasteiger partial charge in [0.05, 0.1) is 37.5 Å². The quantitative estimate of drug-likeness (QED) is 0.416. The zero-order valence-corrected chi connectivity index (χ0v) is 18.4. The van der Waals surface area contributed by atoms with Gasteiger partial charge in [0.15, 0.2) is 0 Å². The number of nitrogens with one attached hydrogen (secondary N) is 2. The fraction of sp³-hybridized carbons (Fsp3) is 0.250. The predicted molar refractivity (Wildman–Crippen MR) is 109 cm³/mol. The summed E-state index contributed by atoms with van der Waals surface area (Å²) in [7, 11) is -2.79. The van der Waals surface area contributed by atoms with E-state index in [1.54, 1.807) is 4.72 Å². The van der Waals surface area contributed by atoms with Gasteiger partial charge in [-0.1, -0.05) is 12.1 Å². The van der Waals surface area contributed by atoms with E-state index in [9.17, 15) is 40.4 Å². The number of halogens is 4. The predicted octanol–water partition coefficient (Wildman–Crippen LogP) is 2.48. The number of methoxy groups -OCH3 is 2. The van der Waals surface area contributed by atoms with Crippen molar-refractivity contribution in [2.24, 2.45) is 0 Å². The van der Waals surface area contributed by atoms with Crippen LogP contribution < -0.4 is 10.0 Å². The Morgan fingerprint density at radius 1 is 1.03 bits per heavy atom. The molecule has 0 heterocycles. The number of sulfonamides is 1. The van der Waals surface area contributed by atoms with Gasteiger partial charge >= 0.3 is 18.1 Å². The molecule has 0 aliphatic heterocycles. The first-order valence-electron chi connectivity index (χ1n) is 9.24. The number of alkyl halides is 3. The molecule has 14 heteroatoms. The lowest BCUT2D eigenvalue weighted by Crippen LogP contribution is -2.43. The molecule has 0 spiro atoms. The topological polar surface area (TPSA) is 128 Å². The Labute approximate surface area is 191 Å². The minimum atomic E-state index is -5.08. The normalized spacial score (nSPS) is 12.4. The Morgan fingerprint density at radius 2 is 1.68 bits per heavy atom. The van der Waals surface area contributed by atoms with Crippen molar-refractivity contribution in [1.29, 1.82) is 0 Å². The fourth-order valence-corrected chi connectivity index (χ4v) is 4.04. The van der Waals surface area contributed by atoms with Gasteiger partial charge in [-0.2, -0.15) is 13.2 Å². The third kappa shape index (κ3) is 6.43. The number of hydrogen-bond donors (Lipinski definition) is 2. The lowest BCUT2D eigenvalue weighted by Gasteiger charge is -2.18. The highest BCUT2D eigenvalue weighted by molar-refractivity contribution is 7.92. The maximum Gasteiger partial charge on any atom is 0.418 e. The van der Waals surface area contributed by atoms with Crippen LogP contribution in [0.5, 0.6) is 0 Å². The van der Waals surface area contributed by atoms with Crippen molar-refractivity contribution in [2.45, 2.75) is 23.5 Å². The van der Waals surface area contributed by atoms with Crippen molar-refractivity contribution < 1.29 is 49.8 Å². The van der Waals surface area contributed by atoms with Crippen LogP contribution in [0.3, 0.4) is 0 Å². The molecule has 34 heavy (non-hydrogen) atoms. The number of benzene rings is 2. The molecule has 2 N–H and O–H groups in total. The number of carbonyl (C=O) groups is 3. The number of amides is 1. The summed E-state index contributed by atoms with van der Waals surface area (Å²) >= 11 is 0. The molecule has 0 saturated heterocycles. The van der Waals surface area contributed by atoms with E-state index in [0.717, 1.165) is 26.4 Å². The van der Waals surface area contributed by atoms with Crippen LogP contribution >= 0.6 is 0 Å². The van der Waals surface area contributed by atoms with Crippen LogP contribution in [0.15, 0.2) is 47.4 Å². The summed E-state index contributed by atoms with van der Waals surface area (Å²) in [6.45, 7) is 0. The average molecular weight is 506 g/mol. The molecule has 0 radical (unpaired) electrons. The van der Waals surface area contributed by atoms with Crippen molar-refractivity contribution in [1.82, 2.24) is 5.32 Å². The Bertz CT molecular complexity index is 1200. The van der Waals surface area contributed by atoms with Gasteiger partial charge in [0, 0.05) is 0 Å². The van der Waals surface area contributed by atoms with E-state index >= 15 is 0 Å². The first-order valence-corrected chi connectivity index (χ1v) is 10.7. The van der Waals surface area contributed by atoms with Crippen LogP contribution in [-0.4, -0.2) is 46.5 Å². The van der Waals surface area contributed by atoms with Crippen molar-refractivity contribution in [2.75, 3.05) is 18.9 Å². The van der Waals surface area contributed by atoms with E-state index < -0.39 is 74.0 Å². The second kappa shape index (κ2) is 10.5. The van der Waals surface area contributed by atoms with Crippen molar-refractivity contribution in [3.63, 3.8) is 0 Å². The van der Waals surface area contributed by atoms with Crippen LogP contribution in [0.2, 0.25) is 0 Å². The number of rotatable bonds is 8. The Morgan fingerprint density at radius 3 is 2.26 bits per heavy atom. The molecule has 0 fully saturated rings. The highest BCUT2D eigenvalue weighted by Gasteiger charge is 2.36. The Hall–Kier alpha value is -3.68. The molecule has 1 amide bonds. The molecule has 0 bridgehead atoms. The number of hydrogen-bond acceptors (Lipinski definition) is 7. The average Bonchev–Trinajstić information content (AvgIpc) is 2.78. The maximum atomic E-state index is 13.3. The zero-order chi connectivity index (χ0) is 25.7. The van der Waals surface area contributed by atoms with E-state index in [1.807, 2.05) is 0 Å².